The number of fused-ring (bicyclic) bond motifs is 1. The Bertz CT molecular complexity index is 903. The average Bonchev–Trinajstić information content (AvgIpc) is 3.08. The molecule has 7 nitrogen and oxygen atoms in total. The lowest BCUT2D eigenvalue weighted by molar-refractivity contribution is -0.134. The number of nitrogens with one attached hydrogen (secondary N) is 1. The van der Waals surface area contributed by atoms with E-state index in [1.807, 2.05) is 31.7 Å². The van der Waals surface area contributed by atoms with Gasteiger partial charge in [-0.2, -0.15) is 0 Å². The van der Waals surface area contributed by atoms with Gasteiger partial charge < -0.3 is 14.5 Å². The number of imide groups is 1. The van der Waals surface area contributed by atoms with E-state index in [1.54, 1.807) is 11.0 Å². The summed E-state index contributed by atoms with van der Waals surface area (Å²) in [5.41, 5.74) is 1.94. The zero-order valence-corrected chi connectivity index (χ0v) is 18.4. The van der Waals surface area contributed by atoms with Gasteiger partial charge in [-0.05, 0) is 69.6 Å². The molecule has 0 radical (unpaired) electrons. The third-order valence-corrected chi connectivity index (χ3v) is 6.30. The third-order valence-electron chi connectivity index (χ3n) is 6.30. The highest BCUT2D eigenvalue weighted by Gasteiger charge is 2.36. The highest BCUT2D eigenvalue weighted by molar-refractivity contribution is 6.01. The summed E-state index contributed by atoms with van der Waals surface area (Å²) in [6.07, 6.45) is 2.56. The molecular formula is C23H30FN3O4. The van der Waals surface area contributed by atoms with Crippen LogP contribution in [0.5, 0.6) is 0 Å². The number of halogens is 1. The van der Waals surface area contributed by atoms with Gasteiger partial charge in [0, 0.05) is 31.7 Å². The van der Waals surface area contributed by atoms with Crippen molar-refractivity contribution in [1.29, 1.82) is 0 Å². The van der Waals surface area contributed by atoms with E-state index in [0.717, 1.165) is 17.7 Å². The zero-order valence-electron chi connectivity index (χ0n) is 18.4. The Hall–Kier alpha value is -2.64. The van der Waals surface area contributed by atoms with E-state index in [4.69, 9.17) is 4.74 Å². The lowest BCUT2D eigenvalue weighted by Gasteiger charge is -2.34. The summed E-state index contributed by atoms with van der Waals surface area (Å²) < 4.78 is 20.6. The first-order valence-corrected chi connectivity index (χ1v) is 11.0. The fourth-order valence-corrected chi connectivity index (χ4v) is 4.77. The molecule has 0 aliphatic carbocycles. The summed E-state index contributed by atoms with van der Waals surface area (Å²) in [7, 11) is 0. The molecule has 168 valence electrons. The molecule has 3 heterocycles. The van der Waals surface area contributed by atoms with Gasteiger partial charge in [0.1, 0.15) is 17.5 Å². The Morgan fingerprint density at radius 3 is 2.45 bits per heavy atom. The monoisotopic (exact) mass is 431 g/mol. The van der Waals surface area contributed by atoms with Gasteiger partial charge in [0.15, 0.2) is 0 Å². The second-order valence-electron chi connectivity index (χ2n) is 9.65. The molecule has 0 unspecified atom stereocenters. The number of hydrogen-bond donors (Lipinski definition) is 1. The number of carbonyl (C=O) groups is 3. The Labute approximate surface area is 181 Å². The molecule has 8 heteroatoms. The van der Waals surface area contributed by atoms with Crippen LogP contribution < -0.4 is 10.2 Å². The van der Waals surface area contributed by atoms with Crippen molar-refractivity contribution in [3.8, 4) is 0 Å². The minimum Gasteiger partial charge on any atom is -0.444 e. The molecule has 0 bridgehead atoms. The maximum Gasteiger partial charge on any atom is 0.410 e. The fourth-order valence-electron chi connectivity index (χ4n) is 4.77. The molecule has 2 saturated heterocycles. The van der Waals surface area contributed by atoms with Gasteiger partial charge in [0.2, 0.25) is 11.8 Å². The normalized spacial score (nSPS) is 22.4. The van der Waals surface area contributed by atoms with Crippen LogP contribution >= 0.6 is 0 Å². The summed E-state index contributed by atoms with van der Waals surface area (Å²) in [5.74, 6) is -0.773. The minimum atomic E-state index is -0.533. The maximum atomic E-state index is 15.1. The first kappa shape index (κ1) is 21.6. The highest BCUT2D eigenvalue weighted by atomic mass is 19.1. The van der Waals surface area contributed by atoms with E-state index in [9.17, 15) is 14.4 Å². The lowest BCUT2D eigenvalue weighted by atomic mass is 9.88. The van der Waals surface area contributed by atoms with Gasteiger partial charge in [0.25, 0.3) is 0 Å². The molecule has 3 amide bonds. The van der Waals surface area contributed by atoms with E-state index < -0.39 is 11.6 Å². The third kappa shape index (κ3) is 4.52. The smallest absolute Gasteiger partial charge is 0.410 e. The van der Waals surface area contributed by atoms with Crippen LogP contribution in [0.4, 0.5) is 14.9 Å². The highest BCUT2D eigenvalue weighted by Crippen LogP contribution is 2.38. The van der Waals surface area contributed by atoms with E-state index in [0.29, 0.717) is 50.9 Å². The number of carbonyl (C=O) groups excluding carboxylic acids is 3. The topological polar surface area (TPSA) is 79.0 Å². The molecule has 4 rings (SSSR count). The molecule has 31 heavy (non-hydrogen) atoms. The number of ether oxygens (including phenoxy) is 1. The molecular weight excluding hydrogens is 401 g/mol. The predicted octanol–water partition coefficient (Wildman–Crippen LogP) is 3.11. The Balaban J connectivity index is 1.45. The van der Waals surface area contributed by atoms with Crippen molar-refractivity contribution in [2.75, 3.05) is 24.5 Å². The fraction of sp³-hybridized carbons (Fsp3) is 0.609. The van der Waals surface area contributed by atoms with Crippen molar-refractivity contribution in [1.82, 2.24) is 10.2 Å². The van der Waals surface area contributed by atoms with Crippen molar-refractivity contribution in [3.63, 3.8) is 0 Å². The number of nitrogens with zero attached hydrogens (tertiary/aromatic N) is 2. The lowest BCUT2D eigenvalue weighted by Crippen LogP contribution is -2.52. The number of likely N-dealkylation sites (tertiary alicyclic amines) is 1. The molecule has 3 aliphatic heterocycles. The Morgan fingerprint density at radius 2 is 1.81 bits per heavy atom. The van der Waals surface area contributed by atoms with E-state index in [-0.39, 0.29) is 29.6 Å². The number of hydrogen-bond acceptors (Lipinski definition) is 5. The first-order valence-electron chi connectivity index (χ1n) is 11.0. The van der Waals surface area contributed by atoms with Crippen LogP contribution in [0, 0.1) is 5.82 Å². The summed E-state index contributed by atoms with van der Waals surface area (Å²) >= 11 is 0. The van der Waals surface area contributed by atoms with Crippen molar-refractivity contribution in [2.24, 2.45) is 0 Å². The summed E-state index contributed by atoms with van der Waals surface area (Å²) in [4.78, 5) is 39.6. The van der Waals surface area contributed by atoms with Gasteiger partial charge in [-0.1, -0.05) is 6.07 Å². The number of amides is 3. The summed E-state index contributed by atoms with van der Waals surface area (Å²) in [6.45, 7) is 7.25. The number of piperidine rings is 2. The van der Waals surface area contributed by atoms with Crippen molar-refractivity contribution in [3.05, 3.63) is 29.1 Å². The van der Waals surface area contributed by atoms with Crippen molar-refractivity contribution >= 4 is 23.6 Å². The minimum absolute atomic E-state index is 0.0497. The van der Waals surface area contributed by atoms with Gasteiger partial charge in [-0.15, -0.1) is 0 Å². The Morgan fingerprint density at radius 1 is 1.10 bits per heavy atom. The number of rotatable bonds is 2. The molecule has 0 spiro atoms. The second kappa shape index (κ2) is 8.13. The molecule has 1 aromatic rings. The van der Waals surface area contributed by atoms with Crippen LogP contribution in [0.1, 0.15) is 63.5 Å². The molecule has 1 N–H and O–H groups in total. The SMILES string of the molecule is CC(C)(C)OC(=O)N1CCC(c2cc3c(cc2F)N([C@@H]2CCC(=O)NC2=O)CC3)CC1. The largest absolute Gasteiger partial charge is 0.444 e. The maximum absolute atomic E-state index is 15.1. The van der Waals surface area contributed by atoms with Crippen molar-refractivity contribution in [2.45, 2.75) is 70.4 Å². The number of benzene rings is 1. The van der Waals surface area contributed by atoms with Crippen LogP contribution in [0.15, 0.2) is 12.1 Å². The number of anilines is 1. The summed E-state index contributed by atoms with van der Waals surface area (Å²) in [6, 6.07) is 3.05. The van der Waals surface area contributed by atoms with Gasteiger partial charge in [-0.25, -0.2) is 9.18 Å². The van der Waals surface area contributed by atoms with Crippen LogP contribution in [-0.4, -0.2) is 54.1 Å². The van der Waals surface area contributed by atoms with Crippen LogP contribution in [0.25, 0.3) is 0 Å². The van der Waals surface area contributed by atoms with E-state index in [2.05, 4.69) is 5.32 Å². The molecule has 0 aromatic heterocycles. The Kier molecular flexibility index (Phi) is 5.66. The molecule has 1 atom stereocenters. The van der Waals surface area contributed by atoms with Crippen LogP contribution in [-0.2, 0) is 20.7 Å². The summed E-state index contributed by atoms with van der Waals surface area (Å²) in [5, 5.41) is 2.39. The van der Waals surface area contributed by atoms with Gasteiger partial charge in [0.05, 0.1) is 0 Å². The molecule has 0 saturated carbocycles. The molecule has 3 aliphatic rings. The van der Waals surface area contributed by atoms with E-state index in [1.165, 1.54) is 0 Å². The second-order valence-corrected chi connectivity index (χ2v) is 9.65. The van der Waals surface area contributed by atoms with Crippen LogP contribution in [0.2, 0.25) is 0 Å². The van der Waals surface area contributed by atoms with Gasteiger partial charge >= 0.3 is 6.09 Å². The quantitative estimate of drug-likeness (QED) is 0.728. The van der Waals surface area contributed by atoms with Crippen molar-refractivity contribution < 1.29 is 23.5 Å². The van der Waals surface area contributed by atoms with E-state index >= 15 is 4.39 Å². The first-order chi connectivity index (χ1) is 14.6. The standard InChI is InChI=1S/C23H30FN3O4/c1-23(2,3)31-22(30)26-9-6-14(7-10-26)16-12-15-8-11-27(19(15)13-17(16)24)18-4-5-20(28)25-21(18)29/h12-14,18H,4-11H2,1-3H3,(H,25,28,29)/t18-/m1/s1. The zero-order chi connectivity index (χ0) is 22.3. The predicted molar refractivity (Wildman–Crippen MR) is 113 cm³/mol. The van der Waals surface area contributed by atoms with Crippen LogP contribution in [0.3, 0.4) is 0 Å². The molecule has 2 fully saturated rings. The molecule has 1 aromatic carbocycles. The van der Waals surface area contributed by atoms with Gasteiger partial charge in [-0.3, -0.25) is 14.9 Å². The average molecular weight is 432 g/mol.